The van der Waals surface area contributed by atoms with Crippen molar-refractivity contribution in [3.63, 3.8) is 0 Å². The van der Waals surface area contributed by atoms with Crippen LogP contribution in [0.3, 0.4) is 0 Å². The summed E-state index contributed by atoms with van der Waals surface area (Å²) in [4.78, 5) is 24.9. The Hall–Kier alpha value is -2.28. The van der Waals surface area contributed by atoms with E-state index < -0.39 is 24.0 Å². The molecule has 1 fully saturated rings. The number of primary amides is 1. The molecule has 2 atom stereocenters. The molecule has 7 nitrogen and oxygen atoms in total. The Morgan fingerprint density at radius 1 is 1.32 bits per heavy atom. The van der Waals surface area contributed by atoms with E-state index in [0.717, 1.165) is 0 Å². The van der Waals surface area contributed by atoms with Crippen molar-refractivity contribution in [3.05, 3.63) is 23.8 Å². The summed E-state index contributed by atoms with van der Waals surface area (Å²) in [5.41, 5.74) is 17.5. The molecule has 2 amide bonds. The summed E-state index contributed by atoms with van der Waals surface area (Å²) < 4.78 is 0. The van der Waals surface area contributed by atoms with Gasteiger partial charge in [-0.3, -0.25) is 9.59 Å². The summed E-state index contributed by atoms with van der Waals surface area (Å²) in [7, 11) is 0. The molecule has 1 aliphatic rings. The molecule has 1 saturated heterocycles. The third kappa shape index (κ3) is 2.45. The standard InChI is InChI=1S/C12H16N4O3/c13-6-1-2-8(9(14)3-6)12(19)16-5-7(17)4-10(16)11(15)18/h1-3,7,10,17H,4-5,13-14H2,(H2,15,18). The molecule has 0 bridgehead atoms. The molecule has 2 unspecified atom stereocenters. The SMILES string of the molecule is NC(=O)C1CC(O)CN1C(=O)c1ccc(N)cc1N. The van der Waals surface area contributed by atoms with Crippen LogP contribution in [0, 0.1) is 0 Å². The van der Waals surface area contributed by atoms with Crippen LogP contribution in [0.5, 0.6) is 0 Å². The molecule has 1 aromatic carbocycles. The summed E-state index contributed by atoms with van der Waals surface area (Å²) in [5, 5.41) is 9.58. The van der Waals surface area contributed by atoms with E-state index in [2.05, 4.69) is 0 Å². The Balaban J connectivity index is 2.30. The van der Waals surface area contributed by atoms with Gasteiger partial charge in [0.1, 0.15) is 6.04 Å². The molecule has 0 spiro atoms. The second-order valence-corrected chi connectivity index (χ2v) is 4.61. The highest BCUT2D eigenvalue weighted by Crippen LogP contribution is 2.24. The van der Waals surface area contributed by atoms with Gasteiger partial charge in [-0.2, -0.15) is 0 Å². The topological polar surface area (TPSA) is 136 Å². The first-order valence-electron chi connectivity index (χ1n) is 5.83. The average molecular weight is 264 g/mol. The number of benzene rings is 1. The maximum Gasteiger partial charge on any atom is 0.256 e. The largest absolute Gasteiger partial charge is 0.399 e. The van der Waals surface area contributed by atoms with E-state index in [1.54, 1.807) is 6.07 Å². The molecule has 102 valence electrons. The van der Waals surface area contributed by atoms with E-state index in [1.165, 1.54) is 17.0 Å². The number of carbonyl (C=O) groups is 2. The van der Waals surface area contributed by atoms with E-state index >= 15 is 0 Å². The summed E-state index contributed by atoms with van der Waals surface area (Å²) in [6.07, 6.45) is -0.605. The average Bonchev–Trinajstić information content (AvgIpc) is 2.70. The number of nitrogens with two attached hydrogens (primary N) is 3. The van der Waals surface area contributed by atoms with Gasteiger partial charge in [-0.05, 0) is 18.2 Å². The van der Waals surface area contributed by atoms with Crippen LogP contribution in [0.1, 0.15) is 16.8 Å². The van der Waals surface area contributed by atoms with Crippen LogP contribution < -0.4 is 17.2 Å². The lowest BCUT2D eigenvalue weighted by molar-refractivity contribution is -0.121. The maximum absolute atomic E-state index is 12.3. The minimum absolute atomic E-state index is 0.0657. The molecule has 1 aliphatic heterocycles. The number of carbonyl (C=O) groups excluding carboxylic acids is 2. The first-order valence-corrected chi connectivity index (χ1v) is 5.83. The fourth-order valence-corrected chi connectivity index (χ4v) is 2.24. The van der Waals surface area contributed by atoms with Crippen molar-refractivity contribution in [1.82, 2.24) is 4.90 Å². The zero-order valence-electron chi connectivity index (χ0n) is 10.2. The van der Waals surface area contributed by atoms with Crippen LogP contribution in [0.2, 0.25) is 0 Å². The predicted molar refractivity (Wildman–Crippen MR) is 69.9 cm³/mol. The number of likely N-dealkylation sites (tertiary alicyclic amines) is 1. The minimum atomic E-state index is -0.806. The number of nitrogens with zero attached hydrogens (tertiary/aromatic N) is 1. The first kappa shape index (κ1) is 13.2. The lowest BCUT2D eigenvalue weighted by Crippen LogP contribution is -2.43. The predicted octanol–water partition coefficient (Wildman–Crippen LogP) is -1.09. The van der Waals surface area contributed by atoms with Gasteiger partial charge in [0.05, 0.1) is 11.7 Å². The highest BCUT2D eigenvalue weighted by Gasteiger charge is 2.38. The molecule has 19 heavy (non-hydrogen) atoms. The number of nitrogen functional groups attached to an aromatic ring is 2. The van der Waals surface area contributed by atoms with E-state index in [1.807, 2.05) is 0 Å². The van der Waals surface area contributed by atoms with E-state index in [-0.39, 0.29) is 24.2 Å². The van der Waals surface area contributed by atoms with Crippen LogP contribution in [-0.2, 0) is 4.79 Å². The quantitative estimate of drug-likeness (QED) is 0.503. The molecule has 0 aromatic heterocycles. The molecule has 1 aromatic rings. The van der Waals surface area contributed by atoms with Crippen LogP contribution in [0.25, 0.3) is 0 Å². The molecular weight excluding hydrogens is 248 g/mol. The summed E-state index contributed by atoms with van der Waals surface area (Å²) >= 11 is 0. The molecule has 7 N–H and O–H groups in total. The third-order valence-corrected chi connectivity index (χ3v) is 3.17. The summed E-state index contributed by atoms with van der Waals surface area (Å²) in [5.74, 6) is -1.07. The molecule has 2 rings (SSSR count). The maximum atomic E-state index is 12.3. The second-order valence-electron chi connectivity index (χ2n) is 4.61. The Morgan fingerprint density at radius 2 is 2.00 bits per heavy atom. The number of hydrogen-bond acceptors (Lipinski definition) is 5. The Bertz CT molecular complexity index is 532. The van der Waals surface area contributed by atoms with Crippen molar-refractivity contribution in [2.75, 3.05) is 18.0 Å². The van der Waals surface area contributed by atoms with Crippen molar-refractivity contribution < 1.29 is 14.7 Å². The van der Waals surface area contributed by atoms with Crippen molar-refractivity contribution in [3.8, 4) is 0 Å². The van der Waals surface area contributed by atoms with Crippen molar-refractivity contribution >= 4 is 23.2 Å². The zero-order chi connectivity index (χ0) is 14.2. The van der Waals surface area contributed by atoms with Gasteiger partial charge >= 0.3 is 0 Å². The van der Waals surface area contributed by atoms with Gasteiger partial charge in [-0.1, -0.05) is 0 Å². The number of aliphatic hydroxyl groups excluding tert-OH is 1. The lowest BCUT2D eigenvalue weighted by atomic mass is 10.1. The molecule has 1 heterocycles. The van der Waals surface area contributed by atoms with Crippen molar-refractivity contribution in [2.24, 2.45) is 5.73 Å². The van der Waals surface area contributed by atoms with Gasteiger partial charge in [0.15, 0.2) is 0 Å². The van der Waals surface area contributed by atoms with Crippen LogP contribution >= 0.6 is 0 Å². The molecule has 0 radical (unpaired) electrons. The van der Waals surface area contributed by atoms with Crippen LogP contribution in [-0.4, -0.2) is 40.5 Å². The third-order valence-electron chi connectivity index (χ3n) is 3.17. The normalized spacial score (nSPS) is 22.5. The Labute approximate surface area is 110 Å². The highest BCUT2D eigenvalue weighted by atomic mass is 16.3. The minimum Gasteiger partial charge on any atom is -0.399 e. The molecule has 7 heteroatoms. The lowest BCUT2D eigenvalue weighted by Gasteiger charge is -2.22. The molecule has 0 aliphatic carbocycles. The highest BCUT2D eigenvalue weighted by molar-refractivity contribution is 6.02. The van der Waals surface area contributed by atoms with E-state index in [4.69, 9.17) is 17.2 Å². The van der Waals surface area contributed by atoms with Gasteiger partial charge < -0.3 is 27.2 Å². The second kappa shape index (κ2) is 4.77. The smallest absolute Gasteiger partial charge is 0.256 e. The van der Waals surface area contributed by atoms with E-state index in [9.17, 15) is 14.7 Å². The monoisotopic (exact) mass is 264 g/mol. The van der Waals surface area contributed by atoms with Gasteiger partial charge in [0, 0.05) is 24.3 Å². The Kier molecular flexibility index (Phi) is 3.30. The van der Waals surface area contributed by atoms with Gasteiger partial charge in [-0.25, -0.2) is 0 Å². The number of anilines is 2. The number of amides is 2. The fourth-order valence-electron chi connectivity index (χ4n) is 2.24. The number of rotatable bonds is 2. The van der Waals surface area contributed by atoms with Gasteiger partial charge in [0.2, 0.25) is 5.91 Å². The number of aliphatic hydroxyl groups is 1. The van der Waals surface area contributed by atoms with Crippen LogP contribution in [0.15, 0.2) is 18.2 Å². The Morgan fingerprint density at radius 3 is 2.58 bits per heavy atom. The first-order chi connectivity index (χ1) is 8.90. The van der Waals surface area contributed by atoms with Crippen LogP contribution in [0.4, 0.5) is 11.4 Å². The number of hydrogen-bond donors (Lipinski definition) is 4. The van der Waals surface area contributed by atoms with Gasteiger partial charge in [0.25, 0.3) is 5.91 Å². The zero-order valence-corrected chi connectivity index (χ0v) is 10.2. The molecular formula is C12H16N4O3. The van der Waals surface area contributed by atoms with Crippen molar-refractivity contribution in [1.29, 1.82) is 0 Å². The fraction of sp³-hybridized carbons (Fsp3) is 0.333. The number of β-amino-alcohol motifs (C(OH)–C–C–N with tert-alkyl or cyclic N) is 1. The molecule has 0 saturated carbocycles. The van der Waals surface area contributed by atoms with Gasteiger partial charge in [-0.15, -0.1) is 0 Å². The summed E-state index contributed by atoms with van der Waals surface area (Å²) in [6, 6.07) is 3.71. The van der Waals surface area contributed by atoms with E-state index in [0.29, 0.717) is 5.69 Å². The van der Waals surface area contributed by atoms with Crippen molar-refractivity contribution in [2.45, 2.75) is 18.6 Å². The summed E-state index contributed by atoms with van der Waals surface area (Å²) in [6.45, 7) is 0.0657.